The van der Waals surface area contributed by atoms with Crippen molar-refractivity contribution in [3.63, 3.8) is 0 Å². The lowest BCUT2D eigenvalue weighted by Gasteiger charge is -2.12. The molecule has 0 aliphatic carbocycles. The second-order valence-electron chi connectivity index (χ2n) is 8.35. The Bertz CT molecular complexity index is 1600. The standard InChI is InChI=1S/C26H22ClN5O2/c1-16-6-9-18(10-7-16)15-31-22-12-17(2)8-11-21(22)32-24(26(31)34)29-23(30-32)25(33)28-14-19-4-3-5-20(27)13-19/h3-13H,14-15H2,1-2H3,(H,28,33). The molecule has 0 aliphatic rings. The van der Waals surface area contributed by atoms with Crippen LogP contribution in [-0.2, 0) is 13.1 Å². The van der Waals surface area contributed by atoms with Gasteiger partial charge in [0.05, 0.1) is 17.6 Å². The van der Waals surface area contributed by atoms with Crippen LogP contribution in [0.1, 0.15) is 32.9 Å². The molecule has 3 aromatic carbocycles. The molecule has 0 bridgehead atoms. The molecule has 8 heteroatoms. The SMILES string of the molecule is Cc1ccc(Cn2c(=O)c3nc(C(=O)NCc4cccc(Cl)c4)nn3c3ccc(C)cc32)cc1. The van der Waals surface area contributed by atoms with Gasteiger partial charge in [-0.25, -0.2) is 4.52 Å². The molecule has 7 nitrogen and oxygen atoms in total. The first-order valence-corrected chi connectivity index (χ1v) is 11.2. The number of benzene rings is 3. The number of carbonyl (C=O) groups is 1. The fourth-order valence-corrected chi connectivity index (χ4v) is 4.13. The van der Waals surface area contributed by atoms with Crippen LogP contribution in [-0.4, -0.2) is 25.1 Å². The summed E-state index contributed by atoms with van der Waals surface area (Å²) >= 11 is 6.02. The zero-order chi connectivity index (χ0) is 23.8. The number of aromatic nitrogens is 4. The first-order chi connectivity index (χ1) is 16.4. The molecule has 0 atom stereocenters. The number of carbonyl (C=O) groups excluding carboxylic acids is 1. The van der Waals surface area contributed by atoms with E-state index in [9.17, 15) is 9.59 Å². The van der Waals surface area contributed by atoms with Crippen LogP contribution >= 0.6 is 11.6 Å². The maximum Gasteiger partial charge on any atom is 0.296 e. The molecule has 2 heterocycles. The summed E-state index contributed by atoms with van der Waals surface area (Å²) in [5.74, 6) is -0.525. The predicted octanol–water partition coefficient (Wildman–Crippen LogP) is 4.29. The van der Waals surface area contributed by atoms with E-state index in [1.165, 1.54) is 4.52 Å². The van der Waals surface area contributed by atoms with E-state index in [2.05, 4.69) is 15.4 Å². The third kappa shape index (κ3) is 4.18. The number of halogens is 1. The molecule has 0 fully saturated rings. The van der Waals surface area contributed by atoms with Gasteiger partial charge < -0.3 is 5.32 Å². The summed E-state index contributed by atoms with van der Waals surface area (Å²) in [4.78, 5) is 30.6. The van der Waals surface area contributed by atoms with Crippen LogP contribution in [0.15, 0.2) is 71.5 Å². The number of hydrogen-bond acceptors (Lipinski definition) is 4. The van der Waals surface area contributed by atoms with Gasteiger partial charge in [0.1, 0.15) is 0 Å². The van der Waals surface area contributed by atoms with E-state index in [1.54, 1.807) is 16.7 Å². The van der Waals surface area contributed by atoms with E-state index >= 15 is 0 Å². The Morgan fingerprint density at radius 3 is 2.47 bits per heavy atom. The van der Waals surface area contributed by atoms with Crippen molar-refractivity contribution in [3.8, 4) is 0 Å². The highest BCUT2D eigenvalue weighted by Gasteiger charge is 2.19. The third-order valence-electron chi connectivity index (χ3n) is 5.70. The molecular formula is C26H22ClN5O2. The monoisotopic (exact) mass is 471 g/mol. The molecule has 34 heavy (non-hydrogen) atoms. The number of fused-ring (bicyclic) bond motifs is 3. The molecule has 170 valence electrons. The van der Waals surface area contributed by atoms with E-state index in [0.717, 1.165) is 27.8 Å². The van der Waals surface area contributed by atoms with Gasteiger partial charge in [-0.15, -0.1) is 5.10 Å². The molecular weight excluding hydrogens is 450 g/mol. The van der Waals surface area contributed by atoms with Crippen molar-refractivity contribution in [2.75, 3.05) is 0 Å². The highest BCUT2D eigenvalue weighted by molar-refractivity contribution is 6.30. The Labute approximate surface area is 200 Å². The van der Waals surface area contributed by atoms with Gasteiger partial charge in [-0.3, -0.25) is 14.2 Å². The molecule has 0 aliphatic heterocycles. The second-order valence-corrected chi connectivity index (χ2v) is 8.79. The summed E-state index contributed by atoms with van der Waals surface area (Å²) in [5.41, 5.74) is 5.26. The average Bonchev–Trinajstić information content (AvgIpc) is 3.27. The molecule has 2 aromatic heterocycles. The van der Waals surface area contributed by atoms with Crippen LogP contribution in [0.5, 0.6) is 0 Å². The summed E-state index contributed by atoms with van der Waals surface area (Å²) in [6.45, 7) is 4.65. The minimum Gasteiger partial charge on any atom is -0.345 e. The lowest BCUT2D eigenvalue weighted by molar-refractivity contribution is 0.0941. The van der Waals surface area contributed by atoms with Crippen molar-refractivity contribution in [2.45, 2.75) is 26.9 Å². The first-order valence-electron chi connectivity index (χ1n) is 10.9. The van der Waals surface area contributed by atoms with Gasteiger partial charge in [-0.2, -0.15) is 4.98 Å². The highest BCUT2D eigenvalue weighted by Crippen LogP contribution is 2.18. The van der Waals surface area contributed by atoms with Crippen LogP contribution in [0.4, 0.5) is 0 Å². The Kier molecular flexibility index (Phi) is 5.63. The number of amides is 1. The Hall–Kier alpha value is -3.97. The Morgan fingerprint density at radius 2 is 1.71 bits per heavy atom. The van der Waals surface area contributed by atoms with Crippen LogP contribution in [0.2, 0.25) is 5.02 Å². The predicted molar refractivity (Wildman–Crippen MR) is 132 cm³/mol. The number of rotatable bonds is 5. The quantitative estimate of drug-likeness (QED) is 0.414. The summed E-state index contributed by atoms with van der Waals surface area (Å²) in [6, 6.07) is 21.1. The minimum absolute atomic E-state index is 0.0610. The minimum atomic E-state index is -0.464. The summed E-state index contributed by atoms with van der Waals surface area (Å²) in [6.07, 6.45) is 0. The van der Waals surface area contributed by atoms with Crippen molar-refractivity contribution in [1.29, 1.82) is 0 Å². The lowest BCUT2D eigenvalue weighted by Crippen LogP contribution is -2.24. The topological polar surface area (TPSA) is 81.3 Å². The van der Waals surface area contributed by atoms with Crippen molar-refractivity contribution in [2.24, 2.45) is 0 Å². The first kappa shape index (κ1) is 21.9. The van der Waals surface area contributed by atoms with E-state index in [-0.39, 0.29) is 23.6 Å². The smallest absolute Gasteiger partial charge is 0.296 e. The van der Waals surface area contributed by atoms with Crippen molar-refractivity contribution >= 4 is 34.2 Å². The van der Waals surface area contributed by atoms with E-state index in [0.29, 0.717) is 17.1 Å². The zero-order valence-electron chi connectivity index (χ0n) is 18.7. The van der Waals surface area contributed by atoms with Gasteiger partial charge in [0.25, 0.3) is 11.5 Å². The maximum absolute atomic E-state index is 13.5. The average molecular weight is 472 g/mol. The zero-order valence-corrected chi connectivity index (χ0v) is 19.5. The Morgan fingerprint density at radius 1 is 0.941 bits per heavy atom. The van der Waals surface area contributed by atoms with Gasteiger partial charge in [0.15, 0.2) is 0 Å². The van der Waals surface area contributed by atoms with Crippen molar-refractivity contribution in [3.05, 3.63) is 110 Å². The molecule has 5 aromatic rings. The van der Waals surface area contributed by atoms with Gasteiger partial charge in [0.2, 0.25) is 11.5 Å². The van der Waals surface area contributed by atoms with Gasteiger partial charge >= 0.3 is 0 Å². The van der Waals surface area contributed by atoms with E-state index in [1.807, 2.05) is 68.4 Å². The number of aryl methyl sites for hydroxylation is 2. The molecule has 1 amide bonds. The number of nitrogens with zero attached hydrogens (tertiary/aromatic N) is 4. The van der Waals surface area contributed by atoms with E-state index in [4.69, 9.17) is 11.6 Å². The number of hydrogen-bond donors (Lipinski definition) is 1. The van der Waals surface area contributed by atoms with Crippen LogP contribution < -0.4 is 10.9 Å². The molecule has 0 saturated carbocycles. The molecule has 1 N–H and O–H groups in total. The fourth-order valence-electron chi connectivity index (χ4n) is 3.91. The molecule has 5 rings (SSSR count). The second kappa shape index (κ2) is 8.76. The summed E-state index contributed by atoms with van der Waals surface area (Å²) in [5, 5.41) is 7.76. The Balaban J connectivity index is 1.56. The normalized spacial score (nSPS) is 11.3. The van der Waals surface area contributed by atoms with E-state index < -0.39 is 5.91 Å². The fraction of sp³-hybridized carbons (Fsp3) is 0.154. The largest absolute Gasteiger partial charge is 0.345 e. The number of nitrogens with one attached hydrogen (secondary N) is 1. The van der Waals surface area contributed by atoms with Crippen LogP contribution in [0.25, 0.3) is 16.7 Å². The highest BCUT2D eigenvalue weighted by atomic mass is 35.5. The van der Waals surface area contributed by atoms with Crippen molar-refractivity contribution < 1.29 is 4.79 Å². The lowest BCUT2D eigenvalue weighted by atomic mass is 10.1. The van der Waals surface area contributed by atoms with Gasteiger partial charge in [0, 0.05) is 11.6 Å². The van der Waals surface area contributed by atoms with Crippen LogP contribution in [0, 0.1) is 13.8 Å². The van der Waals surface area contributed by atoms with Crippen LogP contribution in [0.3, 0.4) is 0 Å². The van der Waals surface area contributed by atoms with Gasteiger partial charge in [-0.05, 0) is 54.8 Å². The summed E-state index contributed by atoms with van der Waals surface area (Å²) < 4.78 is 3.14. The van der Waals surface area contributed by atoms with Gasteiger partial charge in [-0.1, -0.05) is 59.6 Å². The third-order valence-corrected chi connectivity index (χ3v) is 5.94. The molecule has 0 radical (unpaired) electrons. The summed E-state index contributed by atoms with van der Waals surface area (Å²) in [7, 11) is 0. The molecule has 0 spiro atoms. The van der Waals surface area contributed by atoms with Crippen molar-refractivity contribution in [1.82, 2.24) is 24.5 Å². The maximum atomic E-state index is 13.5. The molecule has 0 saturated heterocycles. The molecule has 0 unspecified atom stereocenters.